The van der Waals surface area contributed by atoms with E-state index in [0.29, 0.717) is 6.42 Å². The summed E-state index contributed by atoms with van der Waals surface area (Å²) >= 11 is 0. The minimum absolute atomic E-state index is 0.0953. The summed E-state index contributed by atoms with van der Waals surface area (Å²) in [4.78, 5) is 12.2. The fourth-order valence-electron chi connectivity index (χ4n) is 4.49. The first-order chi connectivity index (χ1) is 14.7. The summed E-state index contributed by atoms with van der Waals surface area (Å²) in [6.07, 6.45) is 18.3. The van der Waals surface area contributed by atoms with Crippen LogP contribution in [0.5, 0.6) is 0 Å². The molecule has 0 aliphatic heterocycles. The molecule has 1 aliphatic carbocycles. The van der Waals surface area contributed by atoms with Crippen molar-refractivity contribution in [2.45, 2.75) is 97.0 Å². The Morgan fingerprint density at radius 2 is 1.60 bits per heavy atom. The molecule has 0 spiro atoms. The van der Waals surface area contributed by atoms with E-state index in [4.69, 9.17) is 4.74 Å². The second kappa shape index (κ2) is 11.9. The van der Waals surface area contributed by atoms with E-state index in [1.165, 1.54) is 73.3 Å². The Labute approximate surface area is 182 Å². The van der Waals surface area contributed by atoms with Gasteiger partial charge in [-0.05, 0) is 47.2 Å². The van der Waals surface area contributed by atoms with E-state index in [1.54, 1.807) is 0 Å². The van der Waals surface area contributed by atoms with Gasteiger partial charge in [0.05, 0.1) is 0 Å². The van der Waals surface area contributed by atoms with E-state index in [0.717, 1.165) is 24.8 Å². The van der Waals surface area contributed by atoms with Crippen LogP contribution in [-0.2, 0) is 16.0 Å². The molecular weight excluding hydrogens is 368 g/mol. The first kappa shape index (κ1) is 22.6. The molecule has 30 heavy (non-hydrogen) atoms. The zero-order valence-corrected chi connectivity index (χ0v) is 18.9. The first-order valence-electron chi connectivity index (χ1n) is 12.2. The molecule has 0 aromatic heterocycles. The summed E-state index contributed by atoms with van der Waals surface area (Å²) in [5.74, 6) is -0.0953. The molecule has 0 N–H and O–H groups in total. The second-order valence-corrected chi connectivity index (χ2v) is 8.68. The lowest BCUT2D eigenvalue weighted by Gasteiger charge is -2.23. The largest absolute Gasteiger partial charge is 0.453 e. The minimum atomic E-state index is -0.260. The summed E-state index contributed by atoms with van der Waals surface area (Å²) in [5, 5.41) is 2.51. The van der Waals surface area contributed by atoms with Crippen LogP contribution in [0.4, 0.5) is 0 Å². The van der Waals surface area contributed by atoms with Crippen LogP contribution in [0.3, 0.4) is 0 Å². The molecule has 1 aliphatic rings. The summed E-state index contributed by atoms with van der Waals surface area (Å²) in [7, 11) is 0. The molecule has 1 unspecified atom stereocenters. The molecule has 2 heteroatoms. The maximum Gasteiger partial charge on any atom is 0.306 e. The molecular formula is C28H38O2. The lowest BCUT2D eigenvalue weighted by Crippen LogP contribution is -2.12. The SMILES string of the molecule is CCCCCCCCCCc1ccc2cccc3c2c1C=CC3OC(=O)CCCC. The molecule has 0 fully saturated rings. The molecule has 2 aromatic carbocycles. The van der Waals surface area contributed by atoms with Crippen molar-refractivity contribution >= 4 is 22.8 Å². The van der Waals surface area contributed by atoms with Crippen molar-refractivity contribution in [3.8, 4) is 0 Å². The number of unbranched alkanes of at least 4 members (excludes halogenated alkanes) is 8. The zero-order valence-electron chi connectivity index (χ0n) is 18.9. The average Bonchev–Trinajstić information content (AvgIpc) is 2.77. The zero-order chi connectivity index (χ0) is 21.2. The Balaban J connectivity index is 1.64. The molecule has 2 nitrogen and oxygen atoms in total. The van der Waals surface area contributed by atoms with Crippen LogP contribution in [0.1, 0.15) is 107 Å². The van der Waals surface area contributed by atoms with Gasteiger partial charge in [0, 0.05) is 12.0 Å². The maximum absolute atomic E-state index is 12.2. The minimum Gasteiger partial charge on any atom is -0.453 e. The third-order valence-corrected chi connectivity index (χ3v) is 6.25. The van der Waals surface area contributed by atoms with Crippen LogP contribution >= 0.6 is 0 Å². The standard InChI is InChI=1S/C28H38O2/c1-3-5-7-8-9-10-11-12-14-22-18-19-23-15-13-16-25-26(21-20-24(22)28(23)25)30-27(29)17-6-4-2/h13,15-16,18-21,26H,3-12,14,17H2,1-2H3. The number of carbonyl (C=O) groups excluding carboxylic acids is 1. The molecule has 1 atom stereocenters. The quantitative estimate of drug-likeness (QED) is 0.247. The second-order valence-electron chi connectivity index (χ2n) is 8.68. The van der Waals surface area contributed by atoms with Crippen LogP contribution in [-0.4, -0.2) is 5.97 Å². The van der Waals surface area contributed by atoms with Gasteiger partial charge in [-0.3, -0.25) is 4.79 Å². The van der Waals surface area contributed by atoms with Crippen molar-refractivity contribution in [3.63, 3.8) is 0 Å². The van der Waals surface area contributed by atoms with Gasteiger partial charge < -0.3 is 4.74 Å². The Kier molecular flexibility index (Phi) is 8.99. The summed E-state index contributed by atoms with van der Waals surface area (Å²) in [6, 6.07) is 10.9. The van der Waals surface area contributed by atoms with Crippen LogP contribution < -0.4 is 0 Å². The molecule has 0 amide bonds. The Morgan fingerprint density at radius 3 is 2.37 bits per heavy atom. The number of ether oxygens (including phenoxy) is 1. The van der Waals surface area contributed by atoms with Gasteiger partial charge in [0.1, 0.15) is 6.10 Å². The van der Waals surface area contributed by atoms with Gasteiger partial charge in [0.2, 0.25) is 0 Å². The highest BCUT2D eigenvalue weighted by Crippen LogP contribution is 2.37. The smallest absolute Gasteiger partial charge is 0.306 e. The maximum atomic E-state index is 12.2. The normalized spacial score (nSPS) is 14.9. The summed E-state index contributed by atoms with van der Waals surface area (Å²) in [6.45, 7) is 4.37. The Hall–Kier alpha value is -2.09. The van der Waals surface area contributed by atoms with E-state index in [-0.39, 0.29) is 12.1 Å². The monoisotopic (exact) mass is 406 g/mol. The van der Waals surface area contributed by atoms with E-state index < -0.39 is 0 Å². The van der Waals surface area contributed by atoms with Gasteiger partial charge in [-0.15, -0.1) is 0 Å². The van der Waals surface area contributed by atoms with Crippen molar-refractivity contribution in [3.05, 3.63) is 53.1 Å². The predicted molar refractivity (Wildman–Crippen MR) is 128 cm³/mol. The van der Waals surface area contributed by atoms with Crippen LogP contribution in [0, 0.1) is 0 Å². The van der Waals surface area contributed by atoms with E-state index in [1.807, 2.05) is 0 Å². The van der Waals surface area contributed by atoms with Crippen LogP contribution in [0.25, 0.3) is 16.8 Å². The van der Waals surface area contributed by atoms with E-state index >= 15 is 0 Å². The number of hydrogen-bond donors (Lipinski definition) is 0. The number of carbonyl (C=O) groups is 1. The number of rotatable bonds is 13. The molecule has 0 bridgehead atoms. The molecule has 0 saturated carbocycles. The van der Waals surface area contributed by atoms with Gasteiger partial charge >= 0.3 is 5.97 Å². The molecule has 0 radical (unpaired) electrons. The third kappa shape index (κ3) is 5.97. The van der Waals surface area contributed by atoms with Gasteiger partial charge in [0.15, 0.2) is 0 Å². The first-order valence-corrected chi connectivity index (χ1v) is 12.2. The predicted octanol–water partition coefficient (Wildman–Crippen LogP) is 8.32. The molecule has 0 saturated heterocycles. The fraction of sp³-hybridized carbons (Fsp3) is 0.536. The van der Waals surface area contributed by atoms with Crippen molar-refractivity contribution in [1.82, 2.24) is 0 Å². The Bertz CT molecular complexity index is 849. The van der Waals surface area contributed by atoms with Crippen LogP contribution in [0.15, 0.2) is 36.4 Å². The molecule has 0 heterocycles. The number of aryl methyl sites for hydroxylation is 1. The highest BCUT2D eigenvalue weighted by molar-refractivity contribution is 5.97. The third-order valence-electron chi connectivity index (χ3n) is 6.25. The van der Waals surface area contributed by atoms with Crippen molar-refractivity contribution < 1.29 is 9.53 Å². The van der Waals surface area contributed by atoms with Gasteiger partial charge in [-0.2, -0.15) is 0 Å². The molecule has 3 rings (SSSR count). The van der Waals surface area contributed by atoms with Gasteiger partial charge in [0.25, 0.3) is 0 Å². The molecule has 2 aromatic rings. The highest BCUT2D eigenvalue weighted by atomic mass is 16.5. The van der Waals surface area contributed by atoms with Crippen molar-refractivity contribution in [1.29, 1.82) is 0 Å². The lowest BCUT2D eigenvalue weighted by molar-refractivity contribution is -0.147. The van der Waals surface area contributed by atoms with Crippen LogP contribution in [0.2, 0.25) is 0 Å². The Morgan fingerprint density at radius 1 is 0.867 bits per heavy atom. The van der Waals surface area contributed by atoms with E-state index in [2.05, 4.69) is 56.3 Å². The van der Waals surface area contributed by atoms with Gasteiger partial charge in [-0.25, -0.2) is 0 Å². The molecule has 162 valence electrons. The summed E-state index contributed by atoms with van der Waals surface area (Å²) < 4.78 is 5.81. The number of benzene rings is 2. The number of esters is 1. The lowest BCUT2D eigenvalue weighted by atomic mass is 9.87. The topological polar surface area (TPSA) is 26.3 Å². The highest BCUT2D eigenvalue weighted by Gasteiger charge is 2.22. The number of hydrogen-bond acceptors (Lipinski definition) is 2. The fourth-order valence-corrected chi connectivity index (χ4v) is 4.49. The average molecular weight is 407 g/mol. The summed E-state index contributed by atoms with van der Waals surface area (Å²) in [5.41, 5.74) is 3.88. The van der Waals surface area contributed by atoms with E-state index in [9.17, 15) is 4.79 Å². The van der Waals surface area contributed by atoms with Crippen molar-refractivity contribution in [2.75, 3.05) is 0 Å². The van der Waals surface area contributed by atoms with Gasteiger partial charge in [-0.1, -0.05) is 102 Å². The van der Waals surface area contributed by atoms with Crippen molar-refractivity contribution in [2.24, 2.45) is 0 Å².